The molecule has 0 radical (unpaired) electrons. The van der Waals surface area contributed by atoms with Crippen LogP contribution in [0.1, 0.15) is 102 Å². The van der Waals surface area contributed by atoms with E-state index in [0.29, 0.717) is 49.7 Å². The van der Waals surface area contributed by atoms with Crippen molar-refractivity contribution >= 4 is 11.7 Å². The number of amides is 1. The summed E-state index contributed by atoms with van der Waals surface area (Å²) in [6.07, 6.45) is 11.2. The molecule has 1 spiro atoms. The third-order valence-electron chi connectivity index (χ3n) is 11.2. The molecule has 262 valence electrons. The van der Waals surface area contributed by atoms with Crippen LogP contribution in [0.15, 0.2) is 76.9 Å². The van der Waals surface area contributed by atoms with Gasteiger partial charge in [-0.2, -0.15) is 0 Å². The van der Waals surface area contributed by atoms with Gasteiger partial charge in [-0.25, -0.2) is 0 Å². The molecule has 2 saturated carbocycles. The minimum absolute atomic E-state index is 0.0446. The molecular weight excluding hydrogens is 604 g/mol. The molecule has 8 heteroatoms. The Labute approximate surface area is 286 Å². The zero-order valence-electron chi connectivity index (χ0n) is 29.2. The molecule has 4 rings (SSSR count). The number of carbonyl (C=O) groups is 2. The zero-order valence-corrected chi connectivity index (χ0v) is 29.2. The Balaban J connectivity index is 1.65. The van der Waals surface area contributed by atoms with Crippen LogP contribution in [0.25, 0.3) is 0 Å². The van der Waals surface area contributed by atoms with E-state index in [0.717, 1.165) is 40.7 Å². The van der Waals surface area contributed by atoms with Crippen LogP contribution in [0.5, 0.6) is 0 Å². The van der Waals surface area contributed by atoms with Gasteiger partial charge in [0.05, 0.1) is 24.7 Å². The van der Waals surface area contributed by atoms with Crippen LogP contribution < -0.4 is 11.1 Å². The Morgan fingerprint density at radius 2 is 1.94 bits per heavy atom. The first-order valence-corrected chi connectivity index (χ1v) is 17.5. The zero-order chi connectivity index (χ0) is 35.2. The fourth-order valence-corrected chi connectivity index (χ4v) is 8.57. The van der Waals surface area contributed by atoms with Gasteiger partial charge in [-0.3, -0.25) is 9.59 Å². The number of carbonyl (C=O) groups excluding carboxylic acids is 2. The molecule has 1 amide bonds. The summed E-state index contributed by atoms with van der Waals surface area (Å²) in [4.78, 5) is 26.3. The highest BCUT2D eigenvalue weighted by atomic mass is 16.3. The van der Waals surface area contributed by atoms with E-state index >= 15 is 0 Å². The van der Waals surface area contributed by atoms with E-state index in [1.165, 1.54) is 5.57 Å². The summed E-state index contributed by atoms with van der Waals surface area (Å²) in [5.74, 6) is -0.958. The Hall–Kier alpha value is -3.14. The number of allylic oxidation sites excluding steroid dienone is 8. The van der Waals surface area contributed by atoms with Gasteiger partial charge in [-0.05, 0) is 113 Å². The first-order chi connectivity index (χ1) is 22.8. The number of aliphatic hydroxyl groups is 4. The van der Waals surface area contributed by atoms with Crippen LogP contribution in [0.4, 0.5) is 0 Å². The highest BCUT2D eigenvalue weighted by molar-refractivity contribution is 5.97. The van der Waals surface area contributed by atoms with Gasteiger partial charge >= 0.3 is 0 Å². The summed E-state index contributed by atoms with van der Waals surface area (Å²) >= 11 is 0. The first-order valence-electron chi connectivity index (χ1n) is 17.5. The van der Waals surface area contributed by atoms with Crippen molar-refractivity contribution in [1.82, 2.24) is 5.32 Å². The van der Waals surface area contributed by atoms with Crippen molar-refractivity contribution in [1.29, 1.82) is 0 Å². The summed E-state index contributed by atoms with van der Waals surface area (Å²) in [6, 6.07) is 5.61. The third-order valence-corrected chi connectivity index (χ3v) is 11.2. The van der Waals surface area contributed by atoms with Crippen molar-refractivity contribution in [2.45, 2.75) is 110 Å². The van der Waals surface area contributed by atoms with Crippen molar-refractivity contribution in [3.63, 3.8) is 0 Å². The number of aliphatic hydroxyl groups excluding tert-OH is 3. The summed E-state index contributed by atoms with van der Waals surface area (Å²) in [5, 5.41) is 47.4. The van der Waals surface area contributed by atoms with Gasteiger partial charge < -0.3 is 31.5 Å². The van der Waals surface area contributed by atoms with Crippen molar-refractivity contribution in [3.8, 4) is 0 Å². The van der Waals surface area contributed by atoms with Crippen LogP contribution in [-0.4, -0.2) is 57.0 Å². The standard InChI is InChI=1S/C40H56N2O6/c1-25(2)10-6-11-26(3)12-7-14-29(24-44)31-18-20-40(37(31)47)34(16-9-21-43)30(17-19-39(40,5)48)27(4)35(45)22-28-13-8-15-32-33(28)23-36(46)42-38(32)41/h7-8,10,12-15,31,34,37-38,43-44,47-48H,3,6,9,11,16-24,41H2,1-2,4-5H3,(H,42,46)/b12-7+,29-14-,30-27+/t31-,34-,37-,38-,39-,40-/m1/s1. The van der Waals surface area contributed by atoms with E-state index in [1.807, 2.05) is 43.4 Å². The van der Waals surface area contributed by atoms with Crippen LogP contribution >= 0.6 is 0 Å². The molecule has 2 fully saturated rings. The van der Waals surface area contributed by atoms with Gasteiger partial charge in [0.25, 0.3) is 0 Å². The molecule has 2 aliphatic carbocycles. The van der Waals surface area contributed by atoms with Crippen molar-refractivity contribution < 1.29 is 30.0 Å². The minimum Gasteiger partial charge on any atom is -0.396 e. The lowest BCUT2D eigenvalue weighted by Crippen LogP contribution is -2.59. The summed E-state index contributed by atoms with van der Waals surface area (Å²) < 4.78 is 0. The second-order valence-electron chi connectivity index (χ2n) is 14.5. The van der Waals surface area contributed by atoms with E-state index < -0.39 is 23.3 Å². The van der Waals surface area contributed by atoms with Gasteiger partial charge in [0.15, 0.2) is 5.78 Å². The summed E-state index contributed by atoms with van der Waals surface area (Å²) in [7, 11) is 0. The van der Waals surface area contributed by atoms with Crippen molar-refractivity contribution in [3.05, 3.63) is 93.6 Å². The molecule has 1 aromatic carbocycles. The normalized spacial score (nSPS) is 29.9. The summed E-state index contributed by atoms with van der Waals surface area (Å²) in [5.41, 5.74) is 10.8. The Kier molecular flexibility index (Phi) is 12.6. The minimum atomic E-state index is -1.23. The van der Waals surface area contributed by atoms with E-state index in [1.54, 1.807) is 6.92 Å². The second-order valence-corrected chi connectivity index (χ2v) is 14.5. The van der Waals surface area contributed by atoms with Crippen LogP contribution in [-0.2, 0) is 22.4 Å². The van der Waals surface area contributed by atoms with Crippen molar-refractivity contribution in [2.75, 3.05) is 13.2 Å². The SMILES string of the molecule is C=C(/C=C/C=C(/CO)[C@H]1CC[C@@]2([C@H](CCCO)/C(=C(\C)C(=O)Cc3cccc4c3CC(=O)N[C@H]4N)CC[C@@]2(C)O)[C@@H]1O)CCC=C(C)C. The highest BCUT2D eigenvalue weighted by Crippen LogP contribution is 2.63. The molecule has 8 nitrogen and oxygen atoms in total. The van der Waals surface area contributed by atoms with E-state index in [9.17, 15) is 30.0 Å². The van der Waals surface area contributed by atoms with Gasteiger partial charge in [-0.15, -0.1) is 0 Å². The lowest BCUT2D eigenvalue weighted by Gasteiger charge is -2.55. The largest absolute Gasteiger partial charge is 0.396 e. The molecule has 0 unspecified atom stereocenters. The number of benzene rings is 1. The monoisotopic (exact) mass is 660 g/mol. The topological polar surface area (TPSA) is 153 Å². The maximum Gasteiger partial charge on any atom is 0.225 e. The molecule has 0 aromatic heterocycles. The van der Waals surface area contributed by atoms with E-state index in [4.69, 9.17) is 5.73 Å². The summed E-state index contributed by atoms with van der Waals surface area (Å²) in [6.45, 7) is 11.6. The number of hydrogen-bond donors (Lipinski definition) is 6. The molecule has 0 bridgehead atoms. The van der Waals surface area contributed by atoms with Gasteiger partial charge in [0.2, 0.25) is 5.91 Å². The number of rotatable bonds is 13. The number of fused-ring (bicyclic) bond motifs is 1. The number of hydrogen-bond acceptors (Lipinski definition) is 7. The number of Topliss-reactive ketones (excluding diaryl/α,β-unsaturated/α-hetero) is 1. The molecule has 1 aliphatic heterocycles. The average molecular weight is 661 g/mol. The smallest absolute Gasteiger partial charge is 0.225 e. The van der Waals surface area contributed by atoms with Crippen LogP contribution in [0.2, 0.25) is 0 Å². The average Bonchev–Trinajstić information content (AvgIpc) is 3.37. The maximum atomic E-state index is 14.0. The molecule has 1 aromatic rings. The van der Waals surface area contributed by atoms with Crippen LogP contribution in [0.3, 0.4) is 0 Å². The van der Waals surface area contributed by atoms with E-state index in [-0.39, 0.29) is 49.6 Å². The van der Waals surface area contributed by atoms with Gasteiger partial charge in [0.1, 0.15) is 6.17 Å². The molecule has 6 atom stereocenters. The van der Waals surface area contributed by atoms with Gasteiger partial charge in [-0.1, -0.05) is 65.8 Å². The highest BCUT2D eigenvalue weighted by Gasteiger charge is 2.64. The number of ketones is 1. The predicted octanol–water partition coefficient (Wildman–Crippen LogP) is 5.21. The molecule has 48 heavy (non-hydrogen) atoms. The Morgan fingerprint density at radius 3 is 2.62 bits per heavy atom. The molecule has 3 aliphatic rings. The van der Waals surface area contributed by atoms with Crippen LogP contribution in [0, 0.1) is 17.3 Å². The molecular formula is C40H56N2O6. The molecule has 0 saturated heterocycles. The number of nitrogens with two attached hydrogens (primary N) is 1. The number of nitrogens with one attached hydrogen (secondary N) is 1. The fraction of sp³-hybridized carbons (Fsp3) is 0.550. The quantitative estimate of drug-likeness (QED) is 0.0965. The third kappa shape index (κ3) is 7.84. The molecule has 7 N–H and O–H groups in total. The Bertz CT molecular complexity index is 1500. The lowest BCUT2D eigenvalue weighted by atomic mass is 9.52. The fourth-order valence-electron chi connectivity index (χ4n) is 8.57. The van der Waals surface area contributed by atoms with Gasteiger partial charge in [0, 0.05) is 24.4 Å². The predicted molar refractivity (Wildman–Crippen MR) is 190 cm³/mol. The first kappa shape index (κ1) is 37.7. The maximum absolute atomic E-state index is 14.0. The second kappa shape index (κ2) is 16.0. The Morgan fingerprint density at radius 1 is 1.19 bits per heavy atom. The molecule has 1 heterocycles. The van der Waals surface area contributed by atoms with Crippen molar-refractivity contribution in [2.24, 2.45) is 23.0 Å². The lowest BCUT2D eigenvalue weighted by molar-refractivity contribution is -0.167. The van der Waals surface area contributed by atoms with E-state index in [2.05, 4.69) is 31.8 Å².